The standard InChI is InChI=1S/C24H24BrClN4/c25-19-1-4-21(5-2-19)30-16-17(14-28-30)7-10-29-11-8-18(9-12-29)23-15-27-24-6-3-20(26)13-22(23)24/h1-6,13-16,18,27H,7-12H2. The van der Waals surface area contributed by atoms with Crippen LogP contribution in [-0.2, 0) is 6.42 Å². The Labute approximate surface area is 190 Å². The first kappa shape index (κ1) is 19.9. The van der Waals surface area contributed by atoms with Gasteiger partial charge < -0.3 is 9.88 Å². The minimum atomic E-state index is 0.605. The minimum absolute atomic E-state index is 0.605. The Morgan fingerprint density at radius 3 is 2.70 bits per heavy atom. The molecule has 30 heavy (non-hydrogen) atoms. The van der Waals surface area contributed by atoms with Gasteiger partial charge in [-0.15, -0.1) is 0 Å². The highest BCUT2D eigenvalue weighted by Crippen LogP contribution is 2.34. The molecular weight excluding hydrogens is 460 g/mol. The van der Waals surface area contributed by atoms with Gasteiger partial charge in [0.1, 0.15) is 0 Å². The van der Waals surface area contributed by atoms with E-state index in [1.807, 2.05) is 29.1 Å². The third kappa shape index (κ3) is 4.20. The van der Waals surface area contributed by atoms with Gasteiger partial charge in [0.2, 0.25) is 0 Å². The van der Waals surface area contributed by atoms with Crippen molar-refractivity contribution in [2.75, 3.05) is 19.6 Å². The van der Waals surface area contributed by atoms with Crippen molar-refractivity contribution in [2.45, 2.75) is 25.2 Å². The van der Waals surface area contributed by atoms with E-state index < -0.39 is 0 Å². The second-order valence-corrected chi connectivity index (χ2v) is 9.42. The molecule has 0 atom stereocenters. The number of piperidine rings is 1. The molecule has 1 aliphatic heterocycles. The third-order valence-electron chi connectivity index (χ3n) is 6.15. The topological polar surface area (TPSA) is 36.9 Å². The van der Waals surface area contributed by atoms with Crippen molar-refractivity contribution in [2.24, 2.45) is 0 Å². The molecular formula is C24H24BrClN4. The maximum Gasteiger partial charge on any atom is 0.0646 e. The molecule has 0 bridgehead atoms. The summed E-state index contributed by atoms with van der Waals surface area (Å²) in [6.45, 7) is 3.36. The summed E-state index contributed by atoms with van der Waals surface area (Å²) in [7, 11) is 0. The summed E-state index contributed by atoms with van der Waals surface area (Å²) >= 11 is 9.71. The molecule has 0 aliphatic carbocycles. The monoisotopic (exact) mass is 482 g/mol. The predicted octanol–water partition coefficient (Wildman–Crippen LogP) is 6.19. The van der Waals surface area contributed by atoms with Crippen LogP contribution in [0.1, 0.15) is 29.9 Å². The number of fused-ring (bicyclic) bond motifs is 1. The first-order valence-electron chi connectivity index (χ1n) is 10.4. The van der Waals surface area contributed by atoms with Crippen LogP contribution in [0.3, 0.4) is 0 Å². The number of nitrogens with one attached hydrogen (secondary N) is 1. The molecule has 1 saturated heterocycles. The van der Waals surface area contributed by atoms with E-state index in [9.17, 15) is 0 Å². The van der Waals surface area contributed by atoms with Crippen LogP contribution in [0.5, 0.6) is 0 Å². The Morgan fingerprint density at radius 2 is 1.90 bits per heavy atom. The molecule has 5 rings (SSSR count). The first-order chi connectivity index (χ1) is 14.7. The number of nitrogens with zero attached hydrogens (tertiary/aromatic N) is 3. The van der Waals surface area contributed by atoms with Crippen LogP contribution >= 0.6 is 27.5 Å². The lowest BCUT2D eigenvalue weighted by Gasteiger charge is -2.31. The molecule has 1 fully saturated rings. The number of hydrogen-bond donors (Lipinski definition) is 1. The summed E-state index contributed by atoms with van der Waals surface area (Å²) in [5.74, 6) is 0.605. The fourth-order valence-electron chi connectivity index (χ4n) is 4.43. The molecule has 0 radical (unpaired) electrons. The van der Waals surface area contributed by atoms with Gasteiger partial charge in [0, 0.05) is 39.3 Å². The highest BCUT2D eigenvalue weighted by Gasteiger charge is 2.22. The highest BCUT2D eigenvalue weighted by atomic mass is 79.9. The predicted molar refractivity (Wildman–Crippen MR) is 127 cm³/mol. The molecule has 0 spiro atoms. The fraction of sp³-hybridized carbons (Fsp3) is 0.292. The number of likely N-dealkylation sites (tertiary alicyclic amines) is 1. The lowest BCUT2D eigenvalue weighted by atomic mass is 9.89. The van der Waals surface area contributed by atoms with Crippen molar-refractivity contribution < 1.29 is 0 Å². The molecule has 0 amide bonds. The van der Waals surface area contributed by atoms with Gasteiger partial charge in [-0.25, -0.2) is 4.68 Å². The summed E-state index contributed by atoms with van der Waals surface area (Å²) in [5, 5.41) is 6.62. The van der Waals surface area contributed by atoms with Gasteiger partial charge in [-0.1, -0.05) is 27.5 Å². The Balaban J connectivity index is 1.17. The number of H-pyrrole nitrogens is 1. The highest BCUT2D eigenvalue weighted by molar-refractivity contribution is 9.10. The van der Waals surface area contributed by atoms with Gasteiger partial charge in [0.05, 0.1) is 11.9 Å². The van der Waals surface area contributed by atoms with E-state index in [4.69, 9.17) is 11.6 Å². The zero-order valence-corrected chi connectivity index (χ0v) is 19.0. The molecule has 4 nitrogen and oxygen atoms in total. The molecule has 1 aliphatic rings. The Hall–Kier alpha value is -2.08. The molecule has 154 valence electrons. The Morgan fingerprint density at radius 1 is 1.10 bits per heavy atom. The van der Waals surface area contributed by atoms with Gasteiger partial charge in [0.15, 0.2) is 0 Å². The number of aromatic amines is 1. The molecule has 2 aromatic carbocycles. The van der Waals surface area contributed by atoms with E-state index in [2.05, 4.69) is 67.6 Å². The van der Waals surface area contributed by atoms with Crippen molar-refractivity contribution in [1.29, 1.82) is 0 Å². The van der Waals surface area contributed by atoms with Gasteiger partial charge in [-0.2, -0.15) is 5.10 Å². The van der Waals surface area contributed by atoms with Crippen LogP contribution in [-0.4, -0.2) is 39.3 Å². The van der Waals surface area contributed by atoms with Crippen LogP contribution < -0.4 is 0 Å². The second-order valence-electron chi connectivity index (χ2n) is 8.07. The summed E-state index contributed by atoms with van der Waals surface area (Å²) in [4.78, 5) is 5.98. The van der Waals surface area contributed by atoms with Crippen LogP contribution in [0.25, 0.3) is 16.6 Å². The van der Waals surface area contributed by atoms with Crippen molar-refractivity contribution in [3.8, 4) is 5.69 Å². The van der Waals surface area contributed by atoms with Crippen LogP contribution in [0.2, 0.25) is 5.02 Å². The Bertz CT molecular complexity index is 1140. The van der Waals surface area contributed by atoms with Crippen molar-refractivity contribution in [3.05, 3.63) is 81.7 Å². The summed E-state index contributed by atoms with van der Waals surface area (Å²) < 4.78 is 3.04. The molecule has 3 heterocycles. The van der Waals surface area contributed by atoms with E-state index >= 15 is 0 Å². The van der Waals surface area contributed by atoms with Gasteiger partial charge in [-0.3, -0.25) is 0 Å². The van der Waals surface area contributed by atoms with Crippen LogP contribution in [0.4, 0.5) is 0 Å². The number of benzene rings is 2. The normalized spacial score (nSPS) is 15.8. The van der Waals surface area contributed by atoms with Crippen molar-refractivity contribution in [1.82, 2.24) is 19.7 Å². The maximum absolute atomic E-state index is 6.23. The van der Waals surface area contributed by atoms with Gasteiger partial charge in [0.25, 0.3) is 0 Å². The van der Waals surface area contributed by atoms with Gasteiger partial charge >= 0.3 is 0 Å². The summed E-state index contributed by atoms with van der Waals surface area (Å²) in [6.07, 6.45) is 9.73. The molecule has 2 aromatic heterocycles. The quantitative estimate of drug-likeness (QED) is 0.367. The number of halogens is 2. The van der Waals surface area contributed by atoms with Crippen molar-refractivity contribution in [3.63, 3.8) is 0 Å². The third-order valence-corrected chi connectivity index (χ3v) is 6.91. The van der Waals surface area contributed by atoms with Crippen molar-refractivity contribution >= 4 is 38.4 Å². The fourth-order valence-corrected chi connectivity index (χ4v) is 4.87. The zero-order valence-electron chi connectivity index (χ0n) is 16.7. The summed E-state index contributed by atoms with van der Waals surface area (Å²) in [5.41, 5.74) is 4.97. The van der Waals surface area contributed by atoms with Crippen LogP contribution in [0.15, 0.2) is 65.5 Å². The number of aromatic nitrogens is 3. The average Bonchev–Trinajstić information content (AvgIpc) is 3.40. The average molecular weight is 484 g/mol. The van der Waals surface area contributed by atoms with E-state index in [0.717, 1.165) is 41.2 Å². The number of hydrogen-bond acceptors (Lipinski definition) is 2. The molecule has 0 saturated carbocycles. The van der Waals surface area contributed by atoms with E-state index in [1.54, 1.807) is 0 Å². The van der Waals surface area contributed by atoms with E-state index in [-0.39, 0.29) is 0 Å². The van der Waals surface area contributed by atoms with Crippen LogP contribution in [0, 0.1) is 0 Å². The second kappa shape index (κ2) is 8.58. The number of rotatable bonds is 5. The SMILES string of the molecule is Clc1ccc2[nH]cc(C3CCN(CCc4cnn(-c5ccc(Br)cc5)c4)CC3)c2c1. The largest absolute Gasteiger partial charge is 0.361 e. The first-order valence-corrected chi connectivity index (χ1v) is 11.6. The van der Waals surface area contributed by atoms with E-state index in [0.29, 0.717) is 5.92 Å². The molecule has 0 unspecified atom stereocenters. The smallest absolute Gasteiger partial charge is 0.0646 e. The van der Waals surface area contributed by atoms with Gasteiger partial charge in [-0.05, 0) is 91.9 Å². The minimum Gasteiger partial charge on any atom is -0.361 e. The zero-order chi connectivity index (χ0) is 20.5. The molecule has 4 aromatic rings. The van der Waals surface area contributed by atoms with E-state index in [1.165, 1.54) is 34.9 Å². The Kier molecular flexibility index (Phi) is 5.68. The molecule has 1 N–H and O–H groups in total. The molecule has 6 heteroatoms. The maximum atomic E-state index is 6.23. The summed E-state index contributed by atoms with van der Waals surface area (Å²) in [6, 6.07) is 14.4. The lowest BCUT2D eigenvalue weighted by Crippen LogP contribution is -2.34. The lowest BCUT2D eigenvalue weighted by molar-refractivity contribution is 0.215.